The molecule has 1 radical (unpaired) electrons. The summed E-state index contributed by atoms with van der Waals surface area (Å²) in [5.41, 5.74) is 0. The molecule has 1 heterocycles. The van der Waals surface area contributed by atoms with Crippen molar-refractivity contribution >= 4 is 5.97 Å². The molecule has 2 atom stereocenters. The summed E-state index contributed by atoms with van der Waals surface area (Å²) in [7, 11) is 0. The van der Waals surface area contributed by atoms with E-state index < -0.39 is 0 Å². The van der Waals surface area contributed by atoms with Gasteiger partial charge in [-0.05, 0) is 25.7 Å². The Balaban J connectivity index is 2.37. The van der Waals surface area contributed by atoms with Crippen molar-refractivity contribution in [2.75, 3.05) is 13.2 Å². The summed E-state index contributed by atoms with van der Waals surface area (Å²) in [6.07, 6.45) is 3.16. The van der Waals surface area contributed by atoms with Gasteiger partial charge in [-0.3, -0.25) is 4.79 Å². The Morgan fingerprint density at radius 2 is 2.31 bits per heavy atom. The van der Waals surface area contributed by atoms with E-state index in [1.54, 1.807) is 0 Å². The lowest BCUT2D eigenvalue weighted by atomic mass is 9.90. The van der Waals surface area contributed by atoms with Crippen LogP contribution in [0.5, 0.6) is 0 Å². The molecule has 13 heavy (non-hydrogen) atoms. The molecule has 0 amide bonds. The fourth-order valence-corrected chi connectivity index (χ4v) is 1.70. The van der Waals surface area contributed by atoms with E-state index in [9.17, 15) is 4.79 Å². The second-order valence-electron chi connectivity index (χ2n) is 3.47. The van der Waals surface area contributed by atoms with Gasteiger partial charge in [0.15, 0.2) is 0 Å². The third-order valence-electron chi connectivity index (χ3n) is 2.58. The predicted molar refractivity (Wildman–Crippen MR) is 50.4 cm³/mol. The van der Waals surface area contributed by atoms with Crippen molar-refractivity contribution in [2.45, 2.75) is 39.2 Å². The van der Waals surface area contributed by atoms with Gasteiger partial charge in [-0.2, -0.15) is 0 Å². The van der Waals surface area contributed by atoms with Gasteiger partial charge in [0.25, 0.3) is 0 Å². The maximum atomic E-state index is 11.3. The van der Waals surface area contributed by atoms with Crippen molar-refractivity contribution in [3.8, 4) is 0 Å². The van der Waals surface area contributed by atoms with E-state index in [2.05, 4.69) is 12.2 Å². The summed E-state index contributed by atoms with van der Waals surface area (Å²) in [6, 6.07) is -0.182. The smallest absolute Gasteiger partial charge is 0.324 e. The maximum absolute atomic E-state index is 11.3. The summed E-state index contributed by atoms with van der Waals surface area (Å²) in [5.74, 6) is 0.521. The molecule has 1 rings (SSSR count). The van der Waals surface area contributed by atoms with Crippen LogP contribution in [-0.4, -0.2) is 25.2 Å². The van der Waals surface area contributed by atoms with E-state index >= 15 is 0 Å². The Hall–Kier alpha value is -0.570. The van der Waals surface area contributed by atoms with Crippen LogP contribution in [0.25, 0.3) is 0 Å². The van der Waals surface area contributed by atoms with Crippen LogP contribution in [0, 0.1) is 5.92 Å². The normalized spacial score (nSPS) is 28.5. The van der Waals surface area contributed by atoms with Gasteiger partial charge in [-0.15, -0.1) is 0 Å². The molecule has 0 spiro atoms. The van der Waals surface area contributed by atoms with Crippen LogP contribution in [0.2, 0.25) is 0 Å². The lowest BCUT2D eigenvalue weighted by molar-refractivity contribution is -0.146. The van der Waals surface area contributed by atoms with Crippen LogP contribution < -0.4 is 5.32 Å². The van der Waals surface area contributed by atoms with Crippen LogP contribution in [0.3, 0.4) is 0 Å². The highest BCUT2D eigenvalue weighted by atomic mass is 16.5. The van der Waals surface area contributed by atoms with Crippen molar-refractivity contribution in [1.82, 2.24) is 5.32 Å². The second kappa shape index (κ2) is 5.22. The second-order valence-corrected chi connectivity index (χ2v) is 3.47. The number of rotatable bonds is 3. The average molecular weight is 184 g/mol. The lowest BCUT2D eigenvalue weighted by Gasteiger charge is -2.26. The molecule has 1 aliphatic rings. The number of carbonyl (C=O) groups excluding carboxylic acids is 1. The highest BCUT2D eigenvalue weighted by molar-refractivity contribution is 5.75. The molecule has 75 valence electrons. The van der Waals surface area contributed by atoms with Crippen LogP contribution in [0.4, 0.5) is 0 Å². The van der Waals surface area contributed by atoms with E-state index in [1.165, 1.54) is 0 Å². The topological polar surface area (TPSA) is 40.4 Å². The molecule has 3 nitrogen and oxygen atoms in total. The standard InChI is InChI=1S/C10H18NO2/c1-3-8-5-6-11-9(7-8)10(12)13-4-2/h8-9H,3-7H2,1-2H3. The first-order valence-electron chi connectivity index (χ1n) is 5.11. The molecule has 1 saturated heterocycles. The van der Waals surface area contributed by atoms with Gasteiger partial charge in [-0.1, -0.05) is 13.3 Å². The third kappa shape index (κ3) is 2.99. The van der Waals surface area contributed by atoms with E-state index in [0.29, 0.717) is 12.5 Å². The minimum Gasteiger partial charge on any atom is -0.465 e. The SMILES string of the molecule is CCOC(=O)C1CC(CC)CC[N]1. The van der Waals surface area contributed by atoms with Crippen molar-refractivity contribution in [1.29, 1.82) is 0 Å². The molecular formula is C10H18NO2. The average Bonchev–Trinajstić information content (AvgIpc) is 2.18. The van der Waals surface area contributed by atoms with Gasteiger partial charge in [-0.25, -0.2) is 5.32 Å². The first-order valence-corrected chi connectivity index (χ1v) is 5.11. The molecule has 3 heteroatoms. The zero-order valence-electron chi connectivity index (χ0n) is 8.45. The lowest BCUT2D eigenvalue weighted by Crippen LogP contribution is -2.39. The molecule has 0 bridgehead atoms. The number of ether oxygens (including phenoxy) is 1. The van der Waals surface area contributed by atoms with Crippen LogP contribution in [-0.2, 0) is 9.53 Å². The number of nitrogens with zero attached hydrogens (tertiary/aromatic N) is 1. The van der Waals surface area contributed by atoms with Gasteiger partial charge in [0.1, 0.15) is 6.04 Å². The van der Waals surface area contributed by atoms with Gasteiger partial charge in [0.05, 0.1) is 6.61 Å². The number of hydrogen-bond donors (Lipinski definition) is 0. The summed E-state index contributed by atoms with van der Waals surface area (Å²) < 4.78 is 4.94. The summed E-state index contributed by atoms with van der Waals surface area (Å²) >= 11 is 0. The summed E-state index contributed by atoms with van der Waals surface area (Å²) in [6.45, 7) is 5.28. The minimum absolute atomic E-state index is 0.138. The van der Waals surface area contributed by atoms with Crippen LogP contribution in [0.1, 0.15) is 33.1 Å². The summed E-state index contributed by atoms with van der Waals surface area (Å²) in [5, 5.41) is 4.27. The van der Waals surface area contributed by atoms with Crippen LogP contribution >= 0.6 is 0 Å². The Morgan fingerprint density at radius 1 is 1.54 bits per heavy atom. The molecule has 0 aliphatic carbocycles. The van der Waals surface area contributed by atoms with E-state index in [4.69, 9.17) is 4.74 Å². The number of hydrogen-bond acceptors (Lipinski definition) is 2. The Kier molecular flexibility index (Phi) is 4.22. The predicted octanol–water partition coefficient (Wildman–Crippen LogP) is 1.34. The maximum Gasteiger partial charge on any atom is 0.324 e. The minimum atomic E-state index is -0.182. The summed E-state index contributed by atoms with van der Waals surface area (Å²) in [4.78, 5) is 11.3. The molecule has 1 fully saturated rings. The number of esters is 1. The molecule has 0 aromatic carbocycles. The Labute approximate surface area is 79.8 Å². The van der Waals surface area contributed by atoms with Crippen molar-refractivity contribution in [3.05, 3.63) is 0 Å². The Bertz CT molecular complexity index is 170. The molecule has 1 aliphatic heterocycles. The number of piperidine rings is 1. The van der Waals surface area contributed by atoms with Crippen LogP contribution in [0.15, 0.2) is 0 Å². The van der Waals surface area contributed by atoms with E-state index in [-0.39, 0.29) is 12.0 Å². The van der Waals surface area contributed by atoms with Crippen molar-refractivity contribution in [2.24, 2.45) is 5.92 Å². The Morgan fingerprint density at radius 3 is 2.92 bits per heavy atom. The van der Waals surface area contributed by atoms with Gasteiger partial charge in [0, 0.05) is 6.54 Å². The monoisotopic (exact) mass is 184 g/mol. The molecule has 0 N–H and O–H groups in total. The zero-order chi connectivity index (χ0) is 9.68. The zero-order valence-corrected chi connectivity index (χ0v) is 8.45. The van der Waals surface area contributed by atoms with Crippen molar-refractivity contribution in [3.63, 3.8) is 0 Å². The largest absolute Gasteiger partial charge is 0.465 e. The molecular weight excluding hydrogens is 166 g/mol. The molecule has 0 aromatic heterocycles. The molecule has 0 aromatic rings. The third-order valence-corrected chi connectivity index (χ3v) is 2.58. The fraction of sp³-hybridized carbons (Fsp3) is 0.900. The highest BCUT2D eigenvalue weighted by Crippen LogP contribution is 2.20. The quantitative estimate of drug-likeness (QED) is 0.621. The molecule has 2 unspecified atom stereocenters. The highest BCUT2D eigenvalue weighted by Gasteiger charge is 2.27. The van der Waals surface area contributed by atoms with Gasteiger partial charge >= 0.3 is 5.97 Å². The molecule has 0 saturated carbocycles. The van der Waals surface area contributed by atoms with E-state index in [0.717, 1.165) is 25.8 Å². The van der Waals surface area contributed by atoms with Gasteiger partial charge < -0.3 is 4.74 Å². The van der Waals surface area contributed by atoms with Gasteiger partial charge in [0.2, 0.25) is 0 Å². The van der Waals surface area contributed by atoms with Crippen molar-refractivity contribution < 1.29 is 9.53 Å². The fourth-order valence-electron chi connectivity index (χ4n) is 1.70. The van der Waals surface area contributed by atoms with E-state index in [1.807, 2.05) is 6.92 Å². The first kappa shape index (κ1) is 10.5. The first-order chi connectivity index (χ1) is 6.27. The number of carbonyl (C=O) groups is 1.